The van der Waals surface area contributed by atoms with Crippen LogP contribution in [0.2, 0.25) is 0 Å². The van der Waals surface area contributed by atoms with E-state index in [1.807, 2.05) is 24.3 Å². The molecule has 0 atom stereocenters. The summed E-state index contributed by atoms with van der Waals surface area (Å²) >= 11 is 0. The number of rotatable bonds is 8. The van der Waals surface area contributed by atoms with E-state index in [0.717, 1.165) is 24.1 Å². The fourth-order valence-electron chi connectivity index (χ4n) is 3.61. The smallest absolute Gasteiger partial charge is 0.341 e. The number of aromatic nitrogens is 2. The number of piperazine rings is 1. The Kier molecular flexibility index (Phi) is 6.10. The Balaban J connectivity index is 1.40. The average Bonchev–Trinajstić information content (AvgIpc) is 3.58. The summed E-state index contributed by atoms with van der Waals surface area (Å²) in [6.07, 6.45) is 3.92. The number of carboxylic acid groups (broad SMARTS) is 1. The summed E-state index contributed by atoms with van der Waals surface area (Å²) in [7, 11) is -3.13. The maximum atomic E-state index is 12.0. The van der Waals surface area contributed by atoms with E-state index in [1.165, 1.54) is 6.20 Å². The third-order valence-electron chi connectivity index (χ3n) is 5.65. The number of carboxylic acids is 1. The van der Waals surface area contributed by atoms with Gasteiger partial charge < -0.3 is 15.3 Å². The minimum absolute atomic E-state index is 0.0928. The first-order chi connectivity index (χ1) is 14.9. The molecule has 31 heavy (non-hydrogen) atoms. The van der Waals surface area contributed by atoms with E-state index in [-0.39, 0.29) is 11.3 Å². The van der Waals surface area contributed by atoms with Crippen molar-refractivity contribution in [2.75, 3.05) is 42.1 Å². The van der Waals surface area contributed by atoms with E-state index >= 15 is 0 Å². The number of anilines is 2. The summed E-state index contributed by atoms with van der Waals surface area (Å²) in [6.45, 7) is 3.99. The van der Waals surface area contributed by atoms with E-state index in [2.05, 4.69) is 20.2 Å². The number of sulfonamides is 1. The number of hydrogen-bond donors (Lipinski definition) is 2. The molecule has 1 aromatic heterocycles. The molecule has 4 rings (SSSR count). The van der Waals surface area contributed by atoms with Crippen LogP contribution in [0.4, 0.5) is 11.5 Å². The molecule has 1 saturated heterocycles. The first-order valence-corrected chi connectivity index (χ1v) is 12.1. The van der Waals surface area contributed by atoms with E-state index in [9.17, 15) is 18.3 Å². The van der Waals surface area contributed by atoms with Crippen LogP contribution in [0.3, 0.4) is 0 Å². The Hall–Kier alpha value is -2.72. The first kappa shape index (κ1) is 21.5. The largest absolute Gasteiger partial charge is 0.477 e. The summed E-state index contributed by atoms with van der Waals surface area (Å²) in [6, 6.07) is 8.36. The molecule has 0 unspecified atom stereocenters. The Labute approximate surface area is 182 Å². The molecule has 1 aromatic carbocycles. The second kappa shape index (κ2) is 8.80. The number of carbonyl (C=O) groups is 1. The first-order valence-electron chi connectivity index (χ1n) is 10.5. The highest BCUT2D eigenvalue weighted by Gasteiger charge is 2.26. The quantitative estimate of drug-likeness (QED) is 0.632. The lowest BCUT2D eigenvalue weighted by molar-refractivity contribution is 0.0697. The molecule has 9 nitrogen and oxygen atoms in total. The van der Waals surface area contributed by atoms with Crippen LogP contribution in [-0.4, -0.2) is 71.7 Å². The molecular formula is C21H27N5O4S. The Morgan fingerprint density at radius 3 is 2.42 bits per heavy atom. The Morgan fingerprint density at radius 2 is 1.84 bits per heavy atom. The third-order valence-corrected chi connectivity index (χ3v) is 7.53. The average molecular weight is 446 g/mol. The zero-order chi connectivity index (χ0) is 22.0. The van der Waals surface area contributed by atoms with Crippen molar-refractivity contribution in [1.82, 2.24) is 14.3 Å². The van der Waals surface area contributed by atoms with Crippen LogP contribution >= 0.6 is 0 Å². The van der Waals surface area contributed by atoms with Gasteiger partial charge in [0, 0.05) is 50.5 Å². The van der Waals surface area contributed by atoms with Crippen molar-refractivity contribution >= 4 is 27.5 Å². The standard InChI is InChI=1S/C21H27N5O4S/c1-2-31(29,30)26-11-9-25(10-12-26)17-7-3-15(4-8-17)13-19-22-14-18(21(27)28)20(24-19)23-16-5-6-16/h3-4,7-8,14,16H,2,5-6,9-13H2,1H3,(H,27,28)(H,22,23,24). The van der Waals surface area contributed by atoms with Gasteiger partial charge in [-0.2, -0.15) is 4.31 Å². The second-order valence-electron chi connectivity index (χ2n) is 7.90. The maximum absolute atomic E-state index is 12.0. The highest BCUT2D eigenvalue weighted by Crippen LogP contribution is 2.26. The zero-order valence-corrected chi connectivity index (χ0v) is 18.3. The van der Waals surface area contributed by atoms with Gasteiger partial charge in [-0.3, -0.25) is 0 Å². The highest BCUT2D eigenvalue weighted by atomic mass is 32.2. The molecule has 2 N–H and O–H groups in total. The lowest BCUT2D eigenvalue weighted by atomic mass is 10.1. The molecule has 2 fully saturated rings. The molecule has 10 heteroatoms. The Morgan fingerprint density at radius 1 is 1.16 bits per heavy atom. The molecule has 0 bridgehead atoms. The van der Waals surface area contributed by atoms with Crippen LogP contribution in [0.1, 0.15) is 41.5 Å². The van der Waals surface area contributed by atoms with Crippen LogP contribution < -0.4 is 10.2 Å². The minimum atomic E-state index is -3.13. The van der Waals surface area contributed by atoms with Crippen molar-refractivity contribution in [2.24, 2.45) is 0 Å². The van der Waals surface area contributed by atoms with Crippen molar-refractivity contribution in [3.05, 3.63) is 47.4 Å². The van der Waals surface area contributed by atoms with Gasteiger partial charge in [-0.05, 0) is 37.5 Å². The van der Waals surface area contributed by atoms with Gasteiger partial charge in [-0.1, -0.05) is 12.1 Å². The second-order valence-corrected chi connectivity index (χ2v) is 10.2. The van der Waals surface area contributed by atoms with Crippen molar-refractivity contribution in [3.63, 3.8) is 0 Å². The van der Waals surface area contributed by atoms with Crippen molar-refractivity contribution in [1.29, 1.82) is 0 Å². The number of benzene rings is 1. The molecule has 2 aliphatic rings. The van der Waals surface area contributed by atoms with Gasteiger partial charge in [-0.15, -0.1) is 0 Å². The van der Waals surface area contributed by atoms with Crippen LogP contribution in [-0.2, 0) is 16.4 Å². The predicted octanol–water partition coefficient (Wildman–Crippen LogP) is 1.81. The van der Waals surface area contributed by atoms with Crippen molar-refractivity contribution in [2.45, 2.75) is 32.2 Å². The Bertz CT molecular complexity index is 1050. The van der Waals surface area contributed by atoms with Gasteiger partial charge in [0.05, 0.1) is 5.75 Å². The lowest BCUT2D eigenvalue weighted by Gasteiger charge is -2.35. The van der Waals surface area contributed by atoms with Gasteiger partial charge in [-0.25, -0.2) is 23.2 Å². The number of nitrogens with one attached hydrogen (secondary N) is 1. The highest BCUT2D eigenvalue weighted by molar-refractivity contribution is 7.89. The van der Waals surface area contributed by atoms with Crippen LogP contribution in [0.5, 0.6) is 0 Å². The molecule has 2 heterocycles. The molecule has 0 spiro atoms. The molecule has 1 saturated carbocycles. The topological polar surface area (TPSA) is 116 Å². The maximum Gasteiger partial charge on any atom is 0.341 e. The van der Waals surface area contributed by atoms with Gasteiger partial charge in [0.15, 0.2) is 0 Å². The summed E-state index contributed by atoms with van der Waals surface area (Å²) in [4.78, 5) is 22.3. The SMILES string of the molecule is CCS(=O)(=O)N1CCN(c2ccc(Cc3ncc(C(=O)O)c(NC4CC4)n3)cc2)CC1. The van der Waals surface area contributed by atoms with Gasteiger partial charge >= 0.3 is 5.97 Å². The fourth-order valence-corrected chi connectivity index (χ4v) is 4.69. The van der Waals surface area contributed by atoms with E-state index < -0.39 is 16.0 Å². The fraction of sp³-hybridized carbons (Fsp3) is 0.476. The molecular weight excluding hydrogens is 418 g/mol. The van der Waals surface area contributed by atoms with Gasteiger partial charge in [0.1, 0.15) is 17.2 Å². The lowest BCUT2D eigenvalue weighted by Crippen LogP contribution is -2.49. The molecule has 1 aliphatic carbocycles. The summed E-state index contributed by atoms with van der Waals surface area (Å²) in [5, 5.41) is 12.5. The molecule has 166 valence electrons. The van der Waals surface area contributed by atoms with E-state index in [0.29, 0.717) is 50.3 Å². The van der Waals surface area contributed by atoms with Crippen molar-refractivity contribution < 1.29 is 18.3 Å². The molecule has 1 aliphatic heterocycles. The van der Waals surface area contributed by atoms with Crippen LogP contribution in [0.15, 0.2) is 30.5 Å². The summed E-state index contributed by atoms with van der Waals surface area (Å²) in [5.41, 5.74) is 2.17. The molecule has 2 aromatic rings. The summed E-state index contributed by atoms with van der Waals surface area (Å²) < 4.78 is 25.6. The minimum Gasteiger partial charge on any atom is -0.477 e. The summed E-state index contributed by atoms with van der Waals surface area (Å²) in [5.74, 6) is 0.0523. The number of aromatic carboxylic acids is 1. The number of nitrogens with zero attached hydrogens (tertiary/aromatic N) is 4. The normalized spacial score (nSPS) is 17.5. The van der Waals surface area contributed by atoms with E-state index in [1.54, 1.807) is 11.2 Å². The van der Waals surface area contributed by atoms with Crippen LogP contribution in [0.25, 0.3) is 0 Å². The van der Waals surface area contributed by atoms with Crippen molar-refractivity contribution in [3.8, 4) is 0 Å². The molecule has 0 radical (unpaired) electrons. The van der Waals surface area contributed by atoms with Crippen LogP contribution in [0, 0.1) is 0 Å². The van der Waals surface area contributed by atoms with Gasteiger partial charge in [0.25, 0.3) is 0 Å². The zero-order valence-electron chi connectivity index (χ0n) is 17.5. The predicted molar refractivity (Wildman–Crippen MR) is 118 cm³/mol. The number of hydrogen-bond acceptors (Lipinski definition) is 7. The monoisotopic (exact) mass is 445 g/mol. The molecule has 0 amide bonds. The third kappa shape index (κ3) is 5.13. The van der Waals surface area contributed by atoms with E-state index in [4.69, 9.17) is 0 Å². The van der Waals surface area contributed by atoms with Gasteiger partial charge in [0.2, 0.25) is 10.0 Å².